The SMILES string of the molecule is O=C(N[C@H](CSSC[C@@H](NC(=O)c1ccc([N+](=O)[O-])cc1)C(=O)O)C(=O)O)c1ccc([N+](=O)[O-])cc1. The fourth-order valence-corrected chi connectivity index (χ4v) is 4.84. The second-order valence-electron chi connectivity index (χ2n) is 6.91. The Hall–Kier alpha value is -4.18. The number of carboxylic acid groups (broad SMARTS) is 2. The Balaban J connectivity index is 1.88. The quantitative estimate of drug-likeness (QED) is 0.124. The molecule has 0 bridgehead atoms. The molecule has 2 amide bonds. The number of carbonyl (C=O) groups is 4. The molecule has 0 radical (unpaired) electrons. The largest absolute Gasteiger partial charge is 0.480 e. The fraction of sp³-hybridized carbons (Fsp3) is 0.200. The van der Waals surface area contributed by atoms with Gasteiger partial charge in [0.15, 0.2) is 0 Å². The number of benzene rings is 2. The monoisotopic (exact) mass is 538 g/mol. The molecular weight excluding hydrogens is 520 g/mol. The lowest BCUT2D eigenvalue weighted by Crippen LogP contribution is -2.43. The highest BCUT2D eigenvalue weighted by Crippen LogP contribution is 2.24. The molecule has 14 nitrogen and oxygen atoms in total. The molecule has 0 spiro atoms. The molecule has 0 saturated carbocycles. The lowest BCUT2D eigenvalue weighted by molar-refractivity contribution is -0.385. The molecule has 0 aliphatic heterocycles. The van der Waals surface area contributed by atoms with Crippen LogP contribution in [-0.4, -0.2) is 67.4 Å². The van der Waals surface area contributed by atoms with Crippen LogP contribution in [0.15, 0.2) is 48.5 Å². The minimum Gasteiger partial charge on any atom is -0.480 e. The van der Waals surface area contributed by atoms with Gasteiger partial charge in [0.25, 0.3) is 23.2 Å². The summed E-state index contributed by atoms with van der Waals surface area (Å²) in [6.07, 6.45) is 0. The van der Waals surface area contributed by atoms with E-state index in [0.717, 1.165) is 45.9 Å². The van der Waals surface area contributed by atoms with Crippen LogP contribution < -0.4 is 10.6 Å². The molecule has 0 heterocycles. The number of rotatable bonds is 13. The maximum absolute atomic E-state index is 12.3. The van der Waals surface area contributed by atoms with E-state index >= 15 is 0 Å². The minimum absolute atomic E-state index is 0.0180. The average Bonchev–Trinajstić information content (AvgIpc) is 2.84. The summed E-state index contributed by atoms with van der Waals surface area (Å²) >= 11 is 0. The summed E-state index contributed by atoms with van der Waals surface area (Å²) in [6, 6.07) is 6.44. The molecule has 2 rings (SSSR count). The zero-order valence-electron chi connectivity index (χ0n) is 18.1. The van der Waals surface area contributed by atoms with Crippen molar-refractivity contribution in [1.29, 1.82) is 0 Å². The van der Waals surface area contributed by atoms with Crippen LogP contribution in [-0.2, 0) is 9.59 Å². The number of carbonyl (C=O) groups excluding carboxylic acids is 2. The van der Waals surface area contributed by atoms with Gasteiger partial charge in [-0.15, -0.1) is 0 Å². The minimum atomic E-state index is -1.35. The van der Waals surface area contributed by atoms with Crippen LogP contribution in [0.25, 0.3) is 0 Å². The molecule has 36 heavy (non-hydrogen) atoms. The number of nitrogens with one attached hydrogen (secondary N) is 2. The number of hydrogen-bond acceptors (Lipinski definition) is 10. The van der Waals surface area contributed by atoms with Gasteiger partial charge in [0, 0.05) is 46.9 Å². The van der Waals surface area contributed by atoms with Gasteiger partial charge in [0.05, 0.1) is 9.85 Å². The first-order chi connectivity index (χ1) is 17.0. The molecule has 4 N–H and O–H groups in total. The first kappa shape index (κ1) is 28.1. The number of amides is 2. The third-order valence-electron chi connectivity index (χ3n) is 4.44. The Kier molecular flexibility index (Phi) is 10.2. The highest BCUT2D eigenvalue weighted by molar-refractivity contribution is 8.76. The van der Waals surface area contributed by atoms with Gasteiger partial charge < -0.3 is 20.8 Å². The highest BCUT2D eigenvalue weighted by atomic mass is 33.1. The van der Waals surface area contributed by atoms with Crippen LogP contribution in [0.2, 0.25) is 0 Å². The van der Waals surface area contributed by atoms with Gasteiger partial charge in [0.2, 0.25) is 0 Å². The van der Waals surface area contributed by atoms with Crippen molar-refractivity contribution in [2.45, 2.75) is 12.1 Å². The van der Waals surface area contributed by atoms with E-state index in [1.54, 1.807) is 0 Å². The summed E-state index contributed by atoms with van der Waals surface area (Å²) in [6.45, 7) is 0. The maximum Gasteiger partial charge on any atom is 0.327 e. The van der Waals surface area contributed by atoms with Gasteiger partial charge >= 0.3 is 11.9 Å². The van der Waals surface area contributed by atoms with Crippen molar-refractivity contribution in [2.75, 3.05) is 11.5 Å². The predicted octanol–water partition coefficient (Wildman–Crippen LogP) is 1.95. The number of nitro benzene ring substituents is 2. The van der Waals surface area contributed by atoms with E-state index in [1.807, 2.05) is 0 Å². The van der Waals surface area contributed by atoms with Crippen LogP contribution in [0.5, 0.6) is 0 Å². The molecule has 2 aromatic carbocycles. The Morgan fingerprint density at radius 1 is 0.694 bits per heavy atom. The molecule has 2 atom stereocenters. The Labute approximate surface area is 210 Å². The van der Waals surface area contributed by atoms with Crippen LogP contribution in [0.3, 0.4) is 0 Å². The molecule has 190 valence electrons. The number of nitro groups is 2. The Bertz CT molecular complexity index is 1070. The van der Waals surface area contributed by atoms with Crippen molar-refractivity contribution in [3.63, 3.8) is 0 Å². The number of hydrogen-bond donors (Lipinski definition) is 4. The van der Waals surface area contributed by atoms with Gasteiger partial charge in [-0.25, -0.2) is 9.59 Å². The number of carboxylic acids is 2. The summed E-state index contributed by atoms with van der Waals surface area (Å²) in [5.74, 6) is -4.52. The Morgan fingerprint density at radius 3 is 1.25 bits per heavy atom. The molecule has 0 aliphatic rings. The second-order valence-corrected chi connectivity index (χ2v) is 9.46. The molecular formula is C20H18N4O10S2. The third-order valence-corrected chi connectivity index (χ3v) is 6.86. The van der Waals surface area contributed by atoms with Crippen molar-refractivity contribution in [1.82, 2.24) is 10.6 Å². The third kappa shape index (κ3) is 8.24. The maximum atomic E-state index is 12.3. The van der Waals surface area contributed by atoms with Crippen molar-refractivity contribution in [2.24, 2.45) is 0 Å². The molecule has 0 unspecified atom stereocenters. The number of non-ortho nitro benzene ring substituents is 2. The lowest BCUT2D eigenvalue weighted by atomic mass is 10.2. The fourth-order valence-electron chi connectivity index (χ4n) is 2.53. The van der Waals surface area contributed by atoms with E-state index in [0.29, 0.717) is 0 Å². The number of aliphatic carboxylic acids is 2. The molecule has 0 fully saturated rings. The summed E-state index contributed by atoms with van der Waals surface area (Å²) in [5, 5.41) is 44.7. The van der Waals surface area contributed by atoms with Gasteiger partial charge in [-0.3, -0.25) is 29.8 Å². The average molecular weight is 539 g/mol. The van der Waals surface area contributed by atoms with E-state index in [9.17, 15) is 49.6 Å². The van der Waals surface area contributed by atoms with E-state index in [-0.39, 0.29) is 34.0 Å². The molecule has 0 saturated heterocycles. The van der Waals surface area contributed by atoms with Gasteiger partial charge in [0.1, 0.15) is 12.1 Å². The number of nitrogens with zero attached hydrogens (tertiary/aromatic N) is 2. The summed E-state index contributed by atoms with van der Waals surface area (Å²) in [5.41, 5.74) is -0.433. The zero-order chi connectivity index (χ0) is 26.8. The zero-order valence-corrected chi connectivity index (χ0v) is 19.7. The predicted molar refractivity (Wildman–Crippen MR) is 129 cm³/mol. The van der Waals surface area contributed by atoms with E-state index in [1.165, 1.54) is 24.3 Å². The standard InChI is InChI=1S/C20H18N4O10S2/c25-17(11-1-5-13(6-2-11)23(31)32)21-15(19(27)28)9-35-36-10-16(20(29)30)22-18(26)12-3-7-14(8-4-12)24(33)34/h1-8,15-16H,9-10H2,(H,21,25)(H,22,26)(H,27,28)(H,29,30)/t15-,16-/m1/s1. The molecule has 0 aliphatic carbocycles. The molecule has 16 heteroatoms. The lowest BCUT2D eigenvalue weighted by Gasteiger charge is -2.16. The topological polar surface area (TPSA) is 219 Å². The molecule has 0 aromatic heterocycles. The molecule has 2 aromatic rings. The van der Waals surface area contributed by atoms with Crippen molar-refractivity contribution < 1.29 is 39.2 Å². The van der Waals surface area contributed by atoms with E-state index in [4.69, 9.17) is 0 Å². The normalized spacial score (nSPS) is 12.1. The van der Waals surface area contributed by atoms with Gasteiger partial charge in [-0.1, -0.05) is 21.6 Å². The van der Waals surface area contributed by atoms with Crippen LogP contribution in [0.1, 0.15) is 20.7 Å². The summed E-state index contributed by atoms with van der Waals surface area (Å²) < 4.78 is 0. The van der Waals surface area contributed by atoms with Crippen LogP contribution in [0.4, 0.5) is 11.4 Å². The van der Waals surface area contributed by atoms with Crippen molar-refractivity contribution >= 4 is 56.7 Å². The smallest absolute Gasteiger partial charge is 0.327 e. The van der Waals surface area contributed by atoms with E-state index in [2.05, 4.69) is 10.6 Å². The van der Waals surface area contributed by atoms with Crippen molar-refractivity contribution in [3.8, 4) is 0 Å². The highest BCUT2D eigenvalue weighted by Gasteiger charge is 2.24. The second kappa shape index (κ2) is 13.1. The summed E-state index contributed by atoms with van der Waals surface area (Å²) in [4.78, 5) is 67.6. The van der Waals surface area contributed by atoms with Gasteiger partial charge in [-0.05, 0) is 24.3 Å². The first-order valence-corrected chi connectivity index (χ1v) is 12.3. The van der Waals surface area contributed by atoms with Crippen LogP contribution >= 0.6 is 21.6 Å². The van der Waals surface area contributed by atoms with E-state index < -0.39 is 45.7 Å². The van der Waals surface area contributed by atoms with Crippen LogP contribution in [0, 0.1) is 20.2 Å². The first-order valence-electron chi connectivity index (χ1n) is 9.80. The summed E-state index contributed by atoms with van der Waals surface area (Å²) in [7, 11) is 1.90. The Morgan fingerprint density at radius 2 is 1.00 bits per heavy atom. The van der Waals surface area contributed by atoms with Gasteiger partial charge in [-0.2, -0.15) is 0 Å². The van der Waals surface area contributed by atoms with Crippen molar-refractivity contribution in [3.05, 3.63) is 79.9 Å².